The van der Waals surface area contributed by atoms with Crippen molar-refractivity contribution < 1.29 is 18.3 Å². The number of rotatable bonds is 6. The zero-order valence-electron chi connectivity index (χ0n) is 12.2. The molecule has 2 heterocycles. The van der Waals surface area contributed by atoms with Crippen LogP contribution in [0.2, 0.25) is 0 Å². The van der Waals surface area contributed by atoms with E-state index in [1.54, 1.807) is 29.5 Å². The Balaban J connectivity index is 1.66. The van der Waals surface area contributed by atoms with Crippen LogP contribution in [0.4, 0.5) is 8.78 Å². The third kappa shape index (κ3) is 3.95. The topological polar surface area (TPSA) is 51.2 Å². The summed E-state index contributed by atoms with van der Waals surface area (Å²) in [6, 6.07) is 10.2. The molecule has 1 amide bonds. The number of thiazole rings is 1. The Hall–Kier alpha value is -2.32. The number of halogens is 2. The molecule has 0 aliphatic rings. The number of para-hydroxylation sites is 1. The van der Waals surface area contributed by atoms with Crippen molar-refractivity contribution in [3.63, 3.8) is 0 Å². The summed E-state index contributed by atoms with van der Waals surface area (Å²) in [6.45, 7) is -2.81. The highest BCUT2D eigenvalue weighted by molar-refractivity contribution is 7.21. The zero-order valence-corrected chi connectivity index (χ0v) is 13.9. The van der Waals surface area contributed by atoms with E-state index in [4.69, 9.17) is 0 Å². The van der Waals surface area contributed by atoms with Gasteiger partial charge < -0.3 is 10.1 Å². The predicted octanol–water partition coefficient (Wildman–Crippen LogP) is 4.40. The molecular weight excluding hydrogens is 354 g/mol. The van der Waals surface area contributed by atoms with E-state index in [0.717, 1.165) is 9.88 Å². The molecule has 0 saturated heterocycles. The first kappa shape index (κ1) is 16.5. The molecule has 0 bridgehead atoms. The Morgan fingerprint density at radius 2 is 2.08 bits per heavy atom. The Bertz CT molecular complexity index is 819. The van der Waals surface area contributed by atoms with E-state index in [9.17, 15) is 13.6 Å². The van der Waals surface area contributed by atoms with Crippen molar-refractivity contribution in [2.45, 2.75) is 13.2 Å². The van der Waals surface area contributed by atoms with E-state index in [2.05, 4.69) is 15.0 Å². The Labute approximate surface area is 144 Å². The lowest BCUT2D eigenvalue weighted by Gasteiger charge is -2.10. The minimum atomic E-state index is -2.91. The van der Waals surface area contributed by atoms with Crippen molar-refractivity contribution >= 4 is 28.6 Å². The molecule has 0 aliphatic carbocycles. The molecule has 4 nitrogen and oxygen atoms in total. The molecule has 0 aliphatic heterocycles. The van der Waals surface area contributed by atoms with E-state index >= 15 is 0 Å². The van der Waals surface area contributed by atoms with Crippen molar-refractivity contribution in [1.29, 1.82) is 0 Å². The number of hydrogen-bond donors (Lipinski definition) is 1. The summed E-state index contributed by atoms with van der Waals surface area (Å²) in [6.07, 6.45) is 1.51. The van der Waals surface area contributed by atoms with Crippen LogP contribution in [0.15, 0.2) is 48.0 Å². The summed E-state index contributed by atoms with van der Waals surface area (Å²) in [5, 5.41) is 5.41. The van der Waals surface area contributed by atoms with Crippen LogP contribution in [0.3, 0.4) is 0 Å². The van der Waals surface area contributed by atoms with Crippen molar-refractivity contribution in [1.82, 2.24) is 10.3 Å². The smallest absolute Gasteiger partial charge is 0.387 e. The lowest BCUT2D eigenvalue weighted by atomic mass is 10.2. The first-order valence-electron chi connectivity index (χ1n) is 6.94. The lowest BCUT2D eigenvalue weighted by Crippen LogP contribution is -2.22. The van der Waals surface area contributed by atoms with Gasteiger partial charge in [-0.05, 0) is 17.5 Å². The van der Waals surface area contributed by atoms with E-state index in [0.29, 0.717) is 10.4 Å². The maximum atomic E-state index is 12.4. The molecule has 3 aromatic rings. The van der Waals surface area contributed by atoms with Gasteiger partial charge in [0.1, 0.15) is 15.6 Å². The number of carbonyl (C=O) groups is 1. The number of hydrogen-bond acceptors (Lipinski definition) is 5. The normalized spacial score (nSPS) is 10.8. The minimum Gasteiger partial charge on any atom is -0.434 e. The highest BCUT2D eigenvalue weighted by Gasteiger charge is 2.14. The van der Waals surface area contributed by atoms with Crippen LogP contribution < -0.4 is 10.1 Å². The predicted molar refractivity (Wildman–Crippen MR) is 89.7 cm³/mol. The number of nitrogens with zero attached hydrogens (tertiary/aromatic N) is 1. The molecule has 1 N–H and O–H groups in total. The second kappa shape index (κ2) is 7.50. The van der Waals surface area contributed by atoms with Gasteiger partial charge >= 0.3 is 6.61 Å². The number of alkyl halides is 2. The molecule has 24 heavy (non-hydrogen) atoms. The number of thiophene rings is 1. The molecule has 0 atom stereocenters. The number of benzene rings is 1. The van der Waals surface area contributed by atoms with Crippen molar-refractivity contribution in [2.24, 2.45) is 0 Å². The maximum absolute atomic E-state index is 12.4. The fourth-order valence-corrected chi connectivity index (χ4v) is 3.65. The fraction of sp³-hybridized carbons (Fsp3) is 0.125. The summed E-state index contributed by atoms with van der Waals surface area (Å²) in [7, 11) is 0. The number of amides is 1. The van der Waals surface area contributed by atoms with Crippen LogP contribution in [0.25, 0.3) is 9.88 Å². The van der Waals surface area contributed by atoms with Crippen molar-refractivity contribution in [3.8, 4) is 15.6 Å². The van der Waals surface area contributed by atoms with E-state index < -0.39 is 6.61 Å². The van der Waals surface area contributed by atoms with Gasteiger partial charge in [0.05, 0.1) is 11.1 Å². The SMILES string of the molecule is O=C(NCc1ccccc1OC(F)F)c1cnc(-c2cccs2)s1. The monoisotopic (exact) mass is 366 g/mol. The molecule has 0 radical (unpaired) electrons. The summed E-state index contributed by atoms with van der Waals surface area (Å²) in [5.74, 6) is -0.251. The first-order chi connectivity index (χ1) is 11.6. The van der Waals surface area contributed by atoms with Crippen LogP contribution in [0.1, 0.15) is 15.2 Å². The first-order valence-corrected chi connectivity index (χ1v) is 8.63. The van der Waals surface area contributed by atoms with Crippen LogP contribution >= 0.6 is 22.7 Å². The largest absolute Gasteiger partial charge is 0.434 e. The molecule has 2 aromatic heterocycles. The van der Waals surface area contributed by atoms with E-state index in [1.807, 2.05) is 17.5 Å². The van der Waals surface area contributed by atoms with Gasteiger partial charge in [-0.2, -0.15) is 8.78 Å². The minimum absolute atomic E-state index is 0.0522. The van der Waals surface area contributed by atoms with Crippen molar-refractivity contribution in [3.05, 3.63) is 58.4 Å². The van der Waals surface area contributed by atoms with Crippen molar-refractivity contribution in [2.75, 3.05) is 0 Å². The van der Waals surface area contributed by atoms with Gasteiger partial charge in [0.25, 0.3) is 5.91 Å². The molecule has 1 aromatic carbocycles. The molecule has 0 unspecified atom stereocenters. The van der Waals surface area contributed by atoms with E-state index in [-0.39, 0.29) is 18.2 Å². The van der Waals surface area contributed by atoms with Gasteiger partial charge in [-0.25, -0.2) is 4.98 Å². The lowest BCUT2D eigenvalue weighted by molar-refractivity contribution is -0.0504. The average Bonchev–Trinajstić information content (AvgIpc) is 3.24. The Morgan fingerprint density at radius 3 is 2.83 bits per heavy atom. The highest BCUT2D eigenvalue weighted by Crippen LogP contribution is 2.29. The summed E-state index contributed by atoms with van der Waals surface area (Å²) < 4.78 is 29.2. The summed E-state index contributed by atoms with van der Waals surface area (Å²) in [4.78, 5) is 17.9. The van der Waals surface area contributed by atoms with Crippen LogP contribution in [0.5, 0.6) is 5.75 Å². The van der Waals surface area contributed by atoms with Crippen LogP contribution in [0, 0.1) is 0 Å². The Kier molecular flexibility index (Phi) is 5.17. The second-order valence-electron chi connectivity index (χ2n) is 4.68. The number of aromatic nitrogens is 1. The zero-order chi connectivity index (χ0) is 16.9. The fourth-order valence-electron chi connectivity index (χ4n) is 2.02. The number of carbonyl (C=O) groups excluding carboxylic acids is 1. The molecule has 124 valence electrons. The molecule has 8 heteroatoms. The van der Waals surface area contributed by atoms with Gasteiger partial charge in [0.15, 0.2) is 0 Å². The average molecular weight is 366 g/mol. The highest BCUT2D eigenvalue weighted by atomic mass is 32.1. The number of ether oxygens (including phenoxy) is 1. The van der Waals surface area contributed by atoms with Crippen LogP contribution in [-0.4, -0.2) is 17.5 Å². The quantitative estimate of drug-likeness (QED) is 0.703. The summed E-state index contributed by atoms with van der Waals surface area (Å²) >= 11 is 2.83. The van der Waals surface area contributed by atoms with Gasteiger partial charge in [0.2, 0.25) is 0 Å². The molecule has 0 fully saturated rings. The van der Waals surface area contributed by atoms with Crippen LogP contribution in [-0.2, 0) is 6.54 Å². The second-order valence-corrected chi connectivity index (χ2v) is 6.65. The van der Waals surface area contributed by atoms with Gasteiger partial charge in [-0.15, -0.1) is 22.7 Å². The molecule has 3 rings (SSSR count). The molecular formula is C16H12F2N2O2S2. The maximum Gasteiger partial charge on any atom is 0.387 e. The molecule has 0 spiro atoms. The summed E-state index contributed by atoms with van der Waals surface area (Å²) in [5.41, 5.74) is 0.481. The van der Waals surface area contributed by atoms with Gasteiger partial charge in [-0.1, -0.05) is 24.3 Å². The number of nitrogens with one attached hydrogen (secondary N) is 1. The Morgan fingerprint density at radius 1 is 1.25 bits per heavy atom. The third-order valence-corrected chi connectivity index (χ3v) is 5.12. The van der Waals surface area contributed by atoms with E-state index in [1.165, 1.54) is 23.6 Å². The van der Waals surface area contributed by atoms with Gasteiger partial charge in [-0.3, -0.25) is 4.79 Å². The molecule has 0 saturated carbocycles. The third-order valence-electron chi connectivity index (χ3n) is 3.09. The standard InChI is InChI=1S/C16H12F2N2O2S2/c17-16(18)22-11-5-2-1-4-10(11)8-19-14(21)13-9-20-15(24-13)12-6-3-7-23-12/h1-7,9,16H,8H2,(H,19,21). The van der Waals surface area contributed by atoms with Gasteiger partial charge in [0, 0.05) is 12.1 Å².